The summed E-state index contributed by atoms with van der Waals surface area (Å²) in [5.41, 5.74) is 6.12. The summed E-state index contributed by atoms with van der Waals surface area (Å²) in [7, 11) is 0. The Kier molecular flexibility index (Phi) is 5.68. The maximum absolute atomic E-state index is 11.9. The van der Waals surface area contributed by atoms with Gasteiger partial charge in [-0.2, -0.15) is 0 Å². The summed E-state index contributed by atoms with van der Waals surface area (Å²) in [5, 5.41) is 5.86. The second kappa shape index (κ2) is 7.75. The van der Waals surface area contributed by atoms with Crippen LogP contribution in [-0.2, 0) is 0 Å². The smallest absolute Gasteiger partial charge is 0.319 e. The Bertz CT molecular complexity index is 431. The van der Waals surface area contributed by atoms with Crippen LogP contribution in [0.2, 0.25) is 0 Å². The third-order valence-corrected chi connectivity index (χ3v) is 3.42. The van der Waals surface area contributed by atoms with Crippen LogP contribution >= 0.6 is 0 Å². The molecule has 1 aliphatic carbocycles. The lowest BCUT2D eigenvalue weighted by Gasteiger charge is -2.22. The minimum absolute atomic E-state index is 0.145. The first-order valence-electron chi connectivity index (χ1n) is 7.28. The number of amides is 2. The molecule has 1 fully saturated rings. The fraction of sp³-hybridized carbons (Fsp3) is 0.533. The lowest BCUT2D eigenvalue weighted by Crippen LogP contribution is -2.39. The molecule has 0 heterocycles. The molecule has 5 heteroatoms. The molecule has 0 atom stereocenters. The van der Waals surface area contributed by atoms with Gasteiger partial charge in [0, 0.05) is 24.3 Å². The number of hydrogen-bond acceptors (Lipinski definition) is 3. The summed E-state index contributed by atoms with van der Waals surface area (Å²) in [5.74, 6) is 0.714. The maximum atomic E-state index is 11.9. The number of carbonyl (C=O) groups is 1. The Morgan fingerprint density at radius 2 is 2.10 bits per heavy atom. The number of anilines is 1. The Morgan fingerprint density at radius 3 is 2.85 bits per heavy atom. The van der Waals surface area contributed by atoms with Crippen molar-refractivity contribution in [3.63, 3.8) is 0 Å². The van der Waals surface area contributed by atoms with E-state index in [1.54, 1.807) is 6.07 Å². The van der Waals surface area contributed by atoms with Crippen molar-refractivity contribution < 1.29 is 9.53 Å². The van der Waals surface area contributed by atoms with E-state index in [9.17, 15) is 4.79 Å². The van der Waals surface area contributed by atoms with Crippen molar-refractivity contribution in [3.05, 3.63) is 24.3 Å². The van der Waals surface area contributed by atoms with Gasteiger partial charge in [-0.05, 0) is 25.0 Å². The third-order valence-electron chi connectivity index (χ3n) is 3.42. The fourth-order valence-corrected chi connectivity index (χ4v) is 2.44. The van der Waals surface area contributed by atoms with Crippen LogP contribution in [0.25, 0.3) is 0 Å². The normalized spacial score (nSPS) is 15.7. The first-order chi connectivity index (χ1) is 9.78. The zero-order chi connectivity index (χ0) is 14.2. The molecule has 2 amide bonds. The second-order valence-electron chi connectivity index (χ2n) is 5.10. The van der Waals surface area contributed by atoms with Gasteiger partial charge in [0.15, 0.2) is 0 Å². The van der Waals surface area contributed by atoms with E-state index in [2.05, 4.69) is 10.6 Å². The molecule has 0 aliphatic heterocycles. The van der Waals surface area contributed by atoms with Crippen molar-refractivity contribution in [2.24, 2.45) is 5.73 Å². The van der Waals surface area contributed by atoms with Crippen LogP contribution in [0.3, 0.4) is 0 Å². The molecule has 2 rings (SSSR count). The lowest BCUT2D eigenvalue weighted by molar-refractivity contribution is 0.244. The number of carbonyl (C=O) groups excluding carboxylic acids is 1. The number of nitrogens with one attached hydrogen (secondary N) is 2. The summed E-state index contributed by atoms with van der Waals surface area (Å²) in [6, 6.07) is 7.50. The van der Waals surface area contributed by atoms with Gasteiger partial charge in [-0.15, -0.1) is 0 Å². The molecule has 1 saturated carbocycles. The van der Waals surface area contributed by atoms with Gasteiger partial charge in [-0.25, -0.2) is 4.79 Å². The van der Waals surface area contributed by atoms with E-state index in [1.165, 1.54) is 19.3 Å². The van der Waals surface area contributed by atoms with Crippen molar-refractivity contribution in [1.29, 1.82) is 0 Å². The third kappa shape index (κ3) is 4.74. The van der Waals surface area contributed by atoms with Crippen LogP contribution in [-0.4, -0.2) is 25.2 Å². The van der Waals surface area contributed by atoms with Gasteiger partial charge >= 0.3 is 6.03 Å². The van der Waals surface area contributed by atoms with Gasteiger partial charge in [0.2, 0.25) is 0 Å². The summed E-state index contributed by atoms with van der Waals surface area (Å²) < 4.78 is 5.43. The molecule has 0 aromatic heterocycles. The Morgan fingerprint density at radius 1 is 1.30 bits per heavy atom. The zero-order valence-electron chi connectivity index (χ0n) is 11.7. The Balaban J connectivity index is 1.83. The average molecular weight is 277 g/mol. The highest BCUT2D eigenvalue weighted by Gasteiger charge is 2.15. The maximum Gasteiger partial charge on any atom is 0.319 e. The van der Waals surface area contributed by atoms with Crippen molar-refractivity contribution in [1.82, 2.24) is 5.32 Å². The SMILES string of the molecule is NCCOc1cccc(NC(=O)NC2CCCCC2)c1. The molecule has 0 bridgehead atoms. The summed E-state index contributed by atoms with van der Waals surface area (Å²) in [6.45, 7) is 0.942. The molecular formula is C15H23N3O2. The molecule has 0 spiro atoms. The minimum atomic E-state index is -0.145. The quantitative estimate of drug-likeness (QED) is 0.774. The van der Waals surface area contributed by atoms with Crippen LogP contribution in [0.4, 0.5) is 10.5 Å². The Hall–Kier alpha value is -1.75. The first kappa shape index (κ1) is 14.7. The Labute approximate surface area is 119 Å². The molecule has 110 valence electrons. The van der Waals surface area contributed by atoms with Gasteiger partial charge < -0.3 is 21.1 Å². The molecule has 0 saturated heterocycles. The topological polar surface area (TPSA) is 76.4 Å². The van der Waals surface area contributed by atoms with Crippen molar-refractivity contribution >= 4 is 11.7 Å². The highest BCUT2D eigenvalue weighted by molar-refractivity contribution is 5.89. The van der Waals surface area contributed by atoms with Gasteiger partial charge in [0.25, 0.3) is 0 Å². The number of hydrogen-bond donors (Lipinski definition) is 3. The van der Waals surface area contributed by atoms with Crippen molar-refractivity contribution in [2.75, 3.05) is 18.5 Å². The van der Waals surface area contributed by atoms with Crippen LogP contribution in [0, 0.1) is 0 Å². The van der Waals surface area contributed by atoms with Crippen molar-refractivity contribution in [2.45, 2.75) is 38.1 Å². The molecule has 1 aliphatic rings. The van der Waals surface area contributed by atoms with E-state index in [1.807, 2.05) is 18.2 Å². The summed E-state index contributed by atoms with van der Waals surface area (Å²) >= 11 is 0. The zero-order valence-corrected chi connectivity index (χ0v) is 11.7. The van der Waals surface area contributed by atoms with Gasteiger partial charge in [-0.3, -0.25) is 0 Å². The number of benzene rings is 1. The fourth-order valence-electron chi connectivity index (χ4n) is 2.44. The van der Waals surface area contributed by atoms with E-state index >= 15 is 0 Å². The largest absolute Gasteiger partial charge is 0.492 e. The van der Waals surface area contributed by atoms with E-state index in [-0.39, 0.29) is 6.03 Å². The molecule has 0 radical (unpaired) electrons. The van der Waals surface area contributed by atoms with Crippen LogP contribution in [0.1, 0.15) is 32.1 Å². The van der Waals surface area contributed by atoms with Gasteiger partial charge in [0.05, 0.1) is 0 Å². The van der Waals surface area contributed by atoms with E-state index in [0.717, 1.165) is 18.5 Å². The van der Waals surface area contributed by atoms with E-state index < -0.39 is 0 Å². The number of urea groups is 1. The number of rotatable bonds is 5. The van der Waals surface area contributed by atoms with Gasteiger partial charge in [-0.1, -0.05) is 25.3 Å². The molecule has 0 unspecified atom stereocenters. The van der Waals surface area contributed by atoms with Crippen molar-refractivity contribution in [3.8, 4) is 5.75 Å². The predicted octanol–water partition coefficient (Wildman–Crippen LogP) is 2.48. The average Bonchev–Trinajstić information content (AvgIpc) is 2.46. The highest BCUT2D eigenvalue weighted by atomic mass is 16.5. The van der Waals surface area contributed by atoms with E-state index in [0.29, 0.717) is 24.9 Å². The first-order valence-corrected chi connectivity index (χ1v) is 7.28. The molecule has 1 aromatic rings. The summed E-state index contributed by atoms with van der Waals surface area (Å²) in [6.07, 6.45) is 5.83. The monoisotopic (exact) mass is 277 g/mol. The second-order valence-corrected chi connectivity index (χ2v) is 5.10. The lowest BCUT2D eigenvalue weighted by atomic mass is 9.96. The minimum Gasteiger partial charge on any atom is -0.492 e. The standard InChI is InChI=1S/C15H23N3O2/c16-9-10-20-14-8-4-7-13(11-14)18-15(19)17-12-5-2-1-3-6-12/h4,7-8,11-12H,1-3,5-6,9-10,16H2,(H2,17,18,19). The van der Waals surface area contributed by atoms with E-state index in [4.69, 9.17) is 10.5 Å². The molecular weight excluding hydrogens is 254 g/mol. The van der Waals surface area contributed by atoms with Gasteiger partial charge in [0.1, 0.15) is 12.4 Å². The van der Waals surface area contributed by atoms with Crippen LogP contribution in [0.15, 0.2) is 24.3 Å². The van der Waals surface area contributed by atoms with Crippen LogP contribution in [0.5, 0.6) is 5.75 Å². The number of ether oxygens (including phenoxy) is 1. The molecule has 20 heavy (non-hydrogen) atoms. The number of nitrogens with two attached hydrogens (primary N) is 1. The summed E-state index contributed by atoms with van der Waals surface area (Å²) in [4.78, 5) is 11.9. The molecule has 5 nitrogen and oxygen atoms in total. The molecule has 4 N–H and O–H groups in total. The highest BCUT2D eigenvalue weighted by Crippen LogP contribution is 2.19. The molecule has 1 aromatic carbocycles. The van der Waals surface area contributed by atoms with Crippen LogP contribution < -0.4 is 21.1 Å². The predicted molar refractivity (Wildman–Crippen MR) is 80.0 cm³/mol.